The number of hydrogen-bond acceptors (Lipinski definition) is 4. The molecule has 6 heteroatoms. The second-order valence-electron chi connectivity index (χ2n) is 4.33. The third-order valence-corrected chi connectivity index (χ3v) is 3.30. The maximum absolute atomic E-state index is 10.8. The van der Waals surface area contributed by atoms with Crippen LogP contribution in [0.5, 0.6) is 0 Å². The van der Waals surface area contributed by atoms with Crippen molar-refractivity contribution in [3.8, 4) is 6.07 Å². The lowest BCUT2D eigenvalue weighted by molar-refractivity contribution is -0.136. The minimum atomic E-state index is -0.884. The number of carboxylic acids is 1. The molecule has 1 aromatic carbocycles. The number of nitriles is 1. The molecular weight excluding hydrogens is 290 g/mol. The highest BCUT2D eigenvalue weighted by molar-refractivity contribution is 6.34. The van der Waals surface area contributed by atoms with E-state index >= 15 is 0 Å². The van der Waals surface area contributed by atoms with Crippen molar-refractivity contribution in [2.45, 2.75) is 13.0 Å². The molecule has 0 aliphatic rings. The van der Waals surface area contributed by atoms with Crippen molar-refractivity contribution in [3.63, 3.8) is 0 Å². The fourth-order valence-corrected chi connectivity index (χ4v) is 2.12. The zero-order chi connectivity index (χ0) is 15.2. The van der Waals surface area contributed by atoms with E-state index < -0.39 is 5.97 Å². The second-order valence-corrected chi connectivity index (χ2v) is 4.70. The van der Waals surface area contributed by atoms with Crippen molar-refractivity contribution >= 4 is 23.4 Å². The van der Waals surface area contributed by atoms with Gasteiger partial charge in [0.2, 0.25) is 0 Å². The average molecular weight is 302 g/mol. The van der Waals surface area contributed by atoms with Gasteiger partial charge in [-0.1, -0.05) is 35.9 Å². The number of nitrogens with one attached hydrogen (secondary N) is 1. The third kappa shape index (κ3) is 3.71. The molecule has 0 aliphatic carbocycles. The predicted molar refractivity (Wildman–Crippen MR) is 79.1 cm³/mol. The van der Waals surface area contributed by atoms with Gasteiger partial charge < -0.3 is 10.4 Å². The number of carbonyl (C=O) groups is 1. The fraction of sp³-hybridized carbons (Fsp3) is 0.133. The van der Waals surface area contributed by atoms with Gasteiger partial charge in [-0.2, -0.15) is 5.26 Å². The summed E-state index contributed by atoms with van der Waals surface area (Å²) in [5, 5.41) is 21.1. The highest BCUT2D eigenvalue weighted by Gasteiger charge is 2.09. The minimum Gasteiger partial charge on any atom is -0.481 e. The first kappa shape index (κ1) is 14.8. The average Bonchev–Trinajstić information content (AvgIpc) is 2.47. The Hall–Kier alpha value is -2.58. The number of nitrogens with zero attached hydrogens (tertiary/aromatic N) is 2. The monoisotopic (exact) mass is 301 g/mol. The minimum absolute atomic E-state index is 0.0444. The highest BCUT2D eigenvalue weighted by Crippen LogP contribution is 2.23. The summed E-state index contributed by atoms with van der Waals surface area (Å²) >= 11 is 6.06. The van der Waals surface area contributed by atoms with Gasteiger partial charge in [-0.15, -0.1) is 0 Å². The summed E-state index contributed by atoms with van der Waals surface area (Å²) in [4.78, 5) is 14.9. The number of carboxylic acid groups (broad SMARTS) is 1. The van der Waals surface area contributed by atoms with Crippen molar-refractivity contribution in [2.24, 2.45) is 0 Å². The molecule has 0 fully saturated rings. The van der Waals surface area contributed by atoms with E-state index in [0.29, 0.717) is 17.9 Å². The first-order valence-electron chi connectivity index (χ1n) is 6.19. The van der Waals surface area contributed by atoms with E-state index in [1.807, 2.05) is 18.2 Å². The Morgan fingerprint density at radius 3 is 2.71 bits per heavy atom. The number of aromatic nitrogens is 1. The summed E-state index contributed by atoms with van der Waals surface area (Å²) in [5.41, 5.74) is 1.91. The van der Waals surface area contributed by atoms with Gasteiger partial charge in [-0.25, -0.2) is 4.98 Å². The van der Waals surface area contributed by atoms with Crippen LogP contribution in [0.15, 0.2) is 36.5 Å². The van der Waals surface area contributed by atoms with Crippen LogP contribution < -0.4 is 5.32 Å². The maximum atomic E-state index is 10.8. The Balaban J connectivity index is 2.18. The van der Waals surface area contributed by atoms with Crippen molar-refractivity contribution in [3.05, 3.63) is 58.2 Å². The van der Waals surface area contributed by atoms with Gasteiger partial charge in [0.15, 0.2) is 0 Å². The predicted octanol–water partition coefficient (Wildman–Crippen LogP) is 2.85. The number of halogens is 1. The standard InChI is InChI=1S/C15H12ClN3O2/c16-14-11(8-17)5-6-18-15(14)19-9-12-4-2-1-3-10(12)7-13(20)21/h1-6H,7,9H2,(H,18,19)(H,20,21). The lowest BCUT2D eigenvalue weighted by Gasteiger charge is -2.11. The largest absolute Gasteiger partial charge is 0.481 e. The van der Waals surface area contributed by atoms with E-state index in [-0.39, 0.29) is 11.4 Å². The van der Waals surface area contributed by atoms with Gasteiger partial charge in [0.1, 0.15) is 16.9 Å². The van der Waals surface area contributed by atoms with Crippen LogP contribution in [0.4, 0.5) is 5.82 Å². The van der Waals surface area contributed by atoms with Crippen molar-refractivity contribution < 1.29 is 9.90 Å². The molecule has 2 rings (SSSR count). The smallest absolute Gasteiger partial charge is 0.307 e. The van der Waals surface area contributed by atoms with E-state index in [9.17, 15) is 4.79 Å². The van der Waals surface area contributed by atoms with Gasteiger partial charge in [0.05, 0.1) is 12.0 Å². The van der Waals surface area contributed by atoms with E-state index in [1.165, 1.54) is 12.3 Å². The topological polar surface area (TPSA) is 86.0 Å². The van der Waals surface area contributed by atoms with E-state index in [1.54, 1.807) is 12.1 Å². The van der Waals surface area contributed by atoms with Crippen LogP contribution in [0.3, 0.4) is 0 Å². The van der Waals surface area contributed by atoms with Crippen LogP contribution in [-0.2, 0) is 17.8 Å². The molecule has 0 saturated carbocycles. The summed E-state index contributed by atoms with van der Waals surface area (Å²) in [6.45, 7) is 0.380. The molecule has 5 nitrogen and oxygen atoms in total. The lowest BCUT2D eigenvalue weighted by Crippen LogP contribution is -2.08. The molecule has 0 aliphatic heterocycles. The Labute approximate surface area is 126 Å². The third-order valence-electron chi connectivity index (χ3n) is 2.92. The van der Waals surface area contributed by atoms with Crippen LogP contribution in [0.2, 0.25) is 5.02 Å². The Bertz CT molecular complexity index is 710. The van der Waals surface area contributed by atoms with E-state index in [4.69, 9.17) is 22.0 Å². The summed E-state index contributed by atoms with van der Waals surface area (Å²) in [7, 11) is 0. The zero-order valence-electron chi connectivity index (χ0n) is 11.0. The lowest BCUT2D eigenvalue weighted by atomic mass is 10.0. The summed E-state index contributed by atoms with van der Waals surface area (Å²) < 4.78 is 0. The van der Waals surface area contributed by atoms with Crippen molar-refractivity contribution in [1.29, 1.82) is 5.26 Å². The number of pyridine rings is 1. The van der Waals surface area contributed by atoms with Crippen LogP contribution in [0.1, 0.15) is 16.7 Å². The van der Waals surface area contributed by atoms with Crippen LogP contribution in [-0.4, -0.2) is 16.1 Å². The number of benzene rings is 1. The van der Waals surface area contributed by atoms with Gasteiger partial charge in [-0.05, 0) is 17.2 Å². The number of hydrogen-bond donors (Lipinski definition) is 2. The maximum Gasteiger partial charge on any atom is 0.307 e. The number of anilines is 1. The first-order valence-corrected chi connectivity index (χ1v) is 6.56. The quantitative estimate of drug-likeness (QED) is 0.887. The fourth-order valence-electron chi connectivity index (χ4n) is 1.90. The molecule has 21 heavy (non-hydrogen) atoms. The molecule has 1 aromatic heterocycles. The second kappa shape index (κ2) is 6.73. The molecule has 0 spiro atoms. The molecule has 0 bridgehead atoms. The molecule has 0 amide bonds. The summed E-state index contributed by atoms with van der Waals surface area (Å²) in [6.07, 6.45) is 1.45. The normalized spacial score (nSPS) is 9.90. The Kier molecular flexibility index (Phi) is 4.75. The molecule has 2 N–H and O–H groups in total. The van der Waals surface area contributed by atoms with Gasteiger partial charge in [0, 0.05) is 12.7 Å². The van der Waals surface area contributed by atoms with Crippen molar-refractivity contribution in [2.75, 3.05) is 5.32 Å². The summed E-state index contributed by atoms with van der Waals surface area (Å²) in [5.74, 6) is -0.481. The van der Waals surface area contributed by atoms with E-state index in [0.717, 1.165) is 11.1 Å². The summed E-state index contributed by atoms with van der Waals surface area (Å²) in [6, 6.07) is 10.8. The number of rotatable bonds is 5. The zero-order valence-corrected chi connectivity index (χ0v) is 11.8. The molecular formula is C15H12ClN3O2. The van der Waals surface area contributed by atoms with Crippen LogP contribution >= 0.6 is 11.6 Å². The van der Waals surface area contributed by atoms with Gasteiger partial charge in [-0.3, -0.25) is 4.79 Å². The van der Waals surface area contributed by atoms with Crippen LogP contribution in [0.25, 0.3) is 0 Å². The Morgan fingerprint density at radius 2 is 2.05 bits per heavy atom. The highest BCUT2D eigenvalue weighted by atomic mass is 35.5. The molecule has 0 saturated heterocycles. The molecule has 0 radical (unpaired) electrons. The molecule has 0 unspecified atom stereocenters. The van der Waals surface area contributed by atoms with E-state index in [2.05, 4.69) is 10.3 Å². The van der Waals surface area contributed by atoms with Crippen LogP contribution in [0, 0.1) is 11.3 Å². The molecule has 106 valence electrons. The van der Waals surface area contributed by atoms with Gasteiger partial charge in [0.25, 0.3) is 0 Å². The SMILES string of the molecule is N#Cc1ccnc(NCc2ccccc2CC(=O)O)c1Cl. The number of aliphatic carboxylic acids is 1. The van der Waals surface area contributed by atoms with Gasteiger partial charge >= 0.3 is 5.97 Å². The first-order chi connectivity index (χ1) is 10.1. The van der Waals surface area contributed by atoms with Crippen molar-refractivity contribution in [1.82, 2.24) is 4.98 Å². The molecule has 0 atom stereocenters. The Morgan fingerprint density at radius 1 is 1.33 bits per heavy atom. The molecule has 1 heterocycles. The molecule has 2 aromatic rings.